The van der Waals surface area contributed by atoms with Gasteiger partial charge in [0.2, 0.25) is 0 Å². The van der Waals surface area contributed by atoms with E-state index in [1.54, 1.807) is 4.68 Å². The fraction of sp³-hybridized carbons (Fsp3) is 0.250. The lowest BCUT2D eigenvalue weighted by molar-refractivity contribution is 0.109. The minimum Gasteiger partial charge on any atom is -0.387 e. The summed E-state index contributed by atoms with van der Waals surface area (Å²) in [6, 6.07) is 18.3. The van der Waals surface area contributed by atoms with E-state index in [1.807, 2.05) is 78.9 Å². The van der Waals surface area contributed by atoms with Gasteiger partial charge in [0, 0.05) is 86.8 Å². The zero-order valence-corrected chi connectivity index (χ0v) is 20.3. The molecular weight excluding hydrogens is 450 g/mol. The Hall–Kier alpha value is -4.01. The Bertz CT molecular complexity index is 1450. The van der Waals surface area contributed by atoms with Crippen LogP contribution in [0.3, 0.4) is 0 Å². The molecule has 1 fully saturated rings. The van der Waals surface area contributed by atoms with E-state index in [1.165, 1.54) is 0 Å². The van der Waals surface area contributed by atoms with Crippen molar-refractivity contribution in [3.63, 3.8) is 0 Å². The molecule has 0 saturated carbocycles. The van der Waals surface area contributed by atoms with Crippen molar-refractivity contribution in [3.05, 3.63) is 91.1 Å². The van der Waals surface area contributed by atoms with Crippen LogP contribution in [0.1, 0.15) is 11.7 Å². The highest BCUT2D eigenvalue weighted by Gasteiger charge is 2.21. The third-order valence-corrected chi connectivity index (χ3v) is 6.92. The van der Waals surface area contributed by atoms with Crippen molar-refractivity contribution in [2.75, 3.05) is 37.6 Å². The number of nitrogens with zero attached hydrogens (tertiary/aromatic N) is 7. The molecule has 0 amide bonds. The third kappa shape index (κ3) is 4.48. The van der Waals surface area contributed by atoms with Gasteiger partial charge in [-0.3, -0.25) is 9.58 Å². The first-order valence-corrected chi connectivity index (χ1v) is 12.3. The van der Waals surface area contributed by atoms with Crippen molar-refractivity contribution in [2.24, 2.45) is 7.05 Å². The molecule has 1 atom stereocenters. The molecular formula is C28H29N7O. The SMILES string of the molecule is Cn1cc(-c2cc(-c3ccc(N4CCN(CC(O)c5ccccc5)CC4)nc3)c3ccnn3c2)cn1. The van der Waals surface area contributed by atoms with E-state index in [2.05, 4.69) is 38.2 Å². The van der Waals surface area contributed by atoms with Crippen LogP contribution in [0.15, 0.2) is 85.6 Å². The molecule has 1 saturated heterocycles. The van der Waals surface area contributed by atoms with E-state index >= 15 is 0 Å². The van der Waals surface area contributed by atoms with Crippen molar-refractivity contribution >= 4 is 11.3 Å². The summed E-state index contributed by atoms with van der Waals surface area (Å²) in [6.45, 7) is 4.22. The summed E-state index contributed by atoms with van der Waals surface area (Å²) in [5.41, 5.74) is 6.27. The van der Waals surface area contributed by atoms with Crippen molar-refractivity contribution in [3.8, 4) is 22.3 Å². The van der Waals surface area contributed by atoms with E-state index in [4.69, 9.17) is 4.98 Å². The molecule has 5 aromatic rings. The maximum Gasteiger partial charge on any atom is 0.128 e. The molecule has 0 bridgehead atoms. The standard InChI is InChI=1S/C28H29N7O/c1-32-18-24(17-31-32)23-15-25(26-9-10-30-35(26)19-23)22-7-8-28(29-16-22)34-13-11-33(12-14-34)20-27(36)21-5-3-2-4-6-21/h2-10,15-19,27,36H,11-14,20H2,1H3. The number of hydrogen-bond donors (Lipinski definition) is 1. The van der Waals surface area contributed by atoms with Gasteiger partial charge in [0.15, 0.2) is 0 Å². The van der Waals surface area contributed by atoms with E-state index < -0.39 is 6.10 Å². The number of aryl methyl sites for hydroxylation is 1. The molecule has 1 aliphatic heterocycles. The van der Waals surface area contributed by atoms with Crippen molar-refractivity contribution in [1.82, 2.24) is 29.3 Å². The van der Waals surface area contributed by atoms with Crippen LogP contribution in [0.5, 0.6) is 0 Å². The largest absolute Gasteiger partial charge is 0.387 e. The summed E-state index contributed by atoms with van der Waals surface area (Å²) in [4.78, 5) is 9.46. The van der Waals surface area contributed by atoms with Gasteiger partial charge in [0.05, 0.1) is 17.8 Å². The minimum absolute atomic E-state index is 0.460. The van der Waals surface area contributed by atoms with Gasteiger partial charge >= 0.3 is 0 Å². The van der Waals surface area contributed by atoms with Gasteiger partial charge in [-0.25, -0.2) is 9.50 Å². The average Bonchev–Trinajstić information content (AvgIpc) is 3.58. The molecule has 8 heteroatoms. The molecule has 4 aromatic heterocycles. The lowest BCUT2D eigenvalue weighted by Gasteiger charge is -2.36. The summed E-state index contributed by atoms with van der Waals surface area (Å²) >= 11 is 0. The predicted octanol–water partition coefficient (Wildman–Crippen LogP) is 3.65. The summed E-state index contributed by atoms with van der Waals surface area (Å²) in [5, 5.41) is 19.4. The summed E-state index contributed by atoms with van der Waals surface area (Å²) < 4.78 is 3.72. The molecule has 1 unspecified atom stereocenters. The van der Waals surface area contributed by atoms with Gasteiger partial charge in [-0.1, -0.05) is 30.3 Å². The van der Waals surface area contributed by atoms with E-state index in [0.29, 0.717) is 6.54 Å². The van der Waals surface area contributed by atoms with Crippen LogP contribution in [0.4, 0.5) is 5.82 Å². The number of benzene rings is 1. The molecule has 8 nitrogen and oxygen atoms in total. The van der Waals surface area contributed by atoms with Gasteiger partial charge in [0.25, 0.3) is 0 Å². The Balaban J connectivity index is 1.16. The summed E-state index contributed by atoms with van der Waals surface area (Å²) in [6.07, 6.45) is 9.23. The number of aliphatic hydroxyl groups excluding tert-OH is 1. The first-order chi connectivity index (χ1) is 17.6. The Morgan fingerprint density at radius 1 is 0.861 bits per heavy atom. The first kappa shape index (κ1) is 22.5. The molecule has 182 valence electrons. The monoisotopic (exact) mass is 479 g/mol. The molecule has 0 radical (unpaired) electrons. The number of piperazine rings is 1. The van der Waals surface area contributed by atoms with Crippen LogP contribution in [-0.2, 0) is 7.05 Å². The van der Waals surface area contributed by atoms with Crippen LogP contribution < -0.4 is 4.90 Å². The fourth-order valence-electron chi connectivity index (χ4n) is 4.91. The predicted molar refractivity (Wildman–Crippen MR) is 141 cm³/mol. The Kier molecular flexibility index (Phi) is 5.96. The maximum absolute atomic E-state index is 10.6. The van der Waals surface area contributed by atoms with Gasteiger partial charge in [-0.2, -0.15) is 10.2 Å². The summed E-state index contributed by atoms with van der Waals surface area (Å²) in [7, 11) is 1.92. The zero-order chi connectivity index (χ0) is 24.5. The number of aromatic nitrogens is 5. The molecule has 5 heterocycles. The number of pyridine rings is 2. The third-order valence-electron chi connectivity index (χ3n) is 6.92. The highest BCUT2D eigenvalue weighted by atomic mass is 16.3. The second-order valence-electron chi connectivity index (χ2n) is 9.33. The van der Waals surface area contributed by atoms with Crippen molar-refractivity contribution < 1.29 is 5.11 Å². The molecule has 1 N–H and O–H groups in total. The molecule has 0 aliphatic carbocycles. The smallest absolute Gasteiger partial charge is 0.128 e. The number of aliphatic hydroxyl groups is 1. The second-order valence-corrected chi connectivity index (χ2v) is 9.33. The fourth-order valence-corrected chi connectivity index (χ4v) is 4.91. The van der Waals surface area contributed by atoms with Crippen LogP contribution in [0, 0.1) is 0 Å². The Morgan fingerprint density at radius 2 is 1.69 bits per heavy atom. The van der Waals surface area contributed by atoms with E-state index in [-0.39, 0.29) is 0 Å². The minimum atomic E-state index is -0.460. The van der Waals surface area contributed by atoms with Gasteiger partial charge in [-0.05, 0) is 29.8 Å². The highest BCUT2D eigenvalue weighted by molar-refractivity contribution is 5.84. The van der Waals surface area contributed by atoms with Crippen LogP contribution in [0.2, 0.25) is 0 Å². The molecule has 0 spiro atoms. The van der Waals surface area contributed by atoms with Crippen molar-refractivity contribution in [2.45, 2.75) is 6.10 Å². The molecule has 1 aliphatic rings. The Morgan fingerprint density at radius 3 is 2.42 bits per heavy atom. The van der Waals surface area contributed by atoms with E-state index in [9.17, 15) is 5.11 Å². The maximum atomic E-state index is 10.6. The topological polar surface area (TPSA) is 74.7 Å². The number of β-amino-alcohol motifs (C(OH)–C–C–N with tert-alkyl or cyclic N) is 1. The van der Waals surface area contributed by atoms with Crippen LogP contribution >= 0.6 is 0 Å². The lowest BCUT2D eigenvalue weighted by Crippen LogP contribution is -2.47. The number of hydrogen-bond acceptors (Lipinski definition) is 6. The normalized spacial score (nSPS) is 15.4. The number of rotatable bonds is 6. The van der Waals surface area contributed by atoms with E-state index in [0.717, 1.165) is 65.3 Å². The molecule has 36 heavy (non-hydrogen) atoms. The van der Waals surface area contributed by atoms with Gasteiger partial charge in [0.1, 0.15) is 5.82 Å². The first-order valence-electron chi connectivity index (χ1n) is 12.3. The van der Waals surface area contributed by atoms with Gasteiger partial charge in [-0.15, -0.1) is 0 Å². The highest BCUT2D eigenvalue weighted by Crippen LogP contribution is 2.30. The number of anilines is 1. The van der Waals surface area contributed by atoms with Crippen molar-refractivity contribution in [1.29, 1.82) is 0 Å². The quantitative estimate of drug-likeness (QED) is 0.401. The number of fused-ring (bicyclic) bond motifs is 1. The zero-order valence-electron chi connectivity index (χ0n) is 20.3. The lowest BCUT2D eigenvalue weighted by atomic mass is 10.0. The Labute approximate surface area is 210 Å². The van der Waals surface area contributed by atoms with Gasteiger partial charge < -0.3 is 10.0 Å². The van der Waals surface area contributed by atoms with Crippen LogP contribution in [0.25, 0.3) is 27.8 Å². The van der Waals surface area contributed by atoms with Crippen LogP contribution in [-0.4, -0.2) is 67.1 Å². The molecule has 6 rings (SSSR count). The molecule has 1 aromatic carbocycles. The second kappa shape index (κ2) is 9.56. The summed E-state index contributed by atoms with van der Waals surface area (Å²) in [5.74, 6) is 0.981. The average molecular weight is 480 g/mol.